The van der Waals surface area contributed by atoms with Crippen LogP contribution in [0.5, 0.6) is 0 Å². The molecule has 0 aliphatic carbocycles. The number of benzene rings is 1. The molecule has 0 saturated carbocycles. The third-order valence-electron chi connectivity index (χ3n) is 1.72. The van der Waals surface area contributed by atoms with Gasteiger partial charge in [0.2, 0.25) is 0 Å². The van der Waals surface area contributed by atoms with Crippen molar-refractivity contribution >= 4 is 11.4 Å². The molecule has 1 rings (SSSR count). The predicted molar refractivity (Wildman–Crippen MR) is 53.3 cm³/mol. The van der Waals surface area contributed by atoms with E-state index in [-0.39, 0.29) is 17.0 Å². The van der Waals surface area contributed by atoms with Crippen molar-refractivity contribution in [2.75, 3.05) is 7.11 Å². The molecule has 0 aliphatic heterocycles. The number of hydrogen-bond acceptors (Lipinski definition) is 3. The molecule has 1 aromatic rings. The SMILES string of the molecule is CO/N=C(\C(C)=N)c1ccc(F)cc1F. The summed E-state index contributed by atoms with van der Waals surface area (Å²) in [5, 5.41) is 10.9. The Kier molecular flexibility index (Phi) is 3.49. The summed E-state index contributed by atoms with van der Waals surface area (Å²) >= 11 is 0. The second kappa shape index (κ2) is 4.63. The van der Waals surface area contributed by atoms with Gasteiger partial charge < -0.3 is 10.2 Å². The zero-order valence-corrected chi connectivity index (χ0v) is 8.34. The van der Waals surface area contributed by atoms with E-state index in [1.54, 1.807) is 0 Å². The fourth-order valence-corrected chi connectivity index (χ4v) is 1.09. The Balaban J connectivity index is 3.24. The maximum atomic E-state index is 13.3. The van der Waals surface area contributed by atoms with Gasteiger partial charge in [0.15, 0.2) is 0 Å². The fourth-order valence-electron chi connectivity index (χ4n) is 1.09. The van der Waals surface area contributed by atoms with Gasteiger partial charge in [-0.2, -0.15) is 0 Å². The third kappa shape index (κ3) is 2.59. The van der Waals surface area contributed by atoms with Crippen molar-refractivity contribution in [1.29, 1.82) is 5.41 Å². The van der Waals surface area contributed by atoms with Crippen LogP contribution in [0.1, 0.15) is 12.5 Å². The number of hydrogen-bond donors (Lipinski definition) is 1. The van der Waals surface area contributed by atoms with Crippen molar-refractivity contribution < 1.29 is 13.6 Å². The molecule has 0 fully saturated rings. The highest BCUT2D eigenvalue weighted by atomic mass is 19.1. The van der Waals surface area contributed by atoms with Gasteiger partial charge >= 0.3 is 0 Å². The molecule has 0 unspecified atom stereocenters. The smallest absolute Gasteiger partial charge is 0.135 e. The Hall–Kier alpha value is -1.78. The average molecular weight is 212 g/mol. The van der Waals surface area contributed by atoms with Gasteiger partial charge in [-0.15, -0.1) is 0 Å². The molecular formula is C10H10F2N2O. The molecule has 15 heavy (non-hydrogen) atoms. The molecule has 0 amide bonds. The van der Waals surface area contributed by atoms with E-state index < -0.39 is 11.6 Å². The van der Waals surface area contributed by atoms with Crippen LogP contribution < -0.4 is 0 Å². The van der Waals surface area contributed by atoms with E-state index in [2.05, 4.69) is 9.99 Å². The summed E-state index contributed by atoms with van der Waals surface area (Å²) in [5.74, 6) is -1.44. The highest BCUT2D eigenvalue weighted by molar-refractivity contribution is 6.46. The molecule has 0 heterocycles. The monoisotopic (exact) mass is 212 g/mol. The van der Waals surface area contributed by atoms with Gasteiger partial charge in [-0.25, -0.2) is 8.78 Å². The van der Waals surface area contributed by atoms with Crippen LogP contribution in [0.25, 0.3) is 0 Å². The molecule has 5 heteroatoms. The minimum absolute atomic E-state index is 0.0439. The first-order valence-corrected chi connectivity index (χ1v) is 4.18. The molecule has 0 saturated heterocycles. The van der Waals surface area contributed by atoms with Crippen LogP contribution in [0.15, 0.2) is 23.4 Å². The molecule has 0 aliphatic rings. The number of nitrogens with one attached hydrogen (secondary N) is 1. The molecule has 0 atom stereocenters. The van der Waals surface area contributed by atoms with Crippen molar-refractivity contribution in [1.82, 2.24) is 0 Å². The summed E-state index contributed by atoms with van der Waals surface area (Å²) in [6, 6.07) is 3.07. The van der Waals surface area contributed by atoms with Crippen LogP contribution in [0.2, 0.25) is 0 Å². The van der Waals surface area contributed by atoms with Crippen LogP contribution in [0.3, 0.4) is 0 Å². The molecular weight excluding hydrogens is 202 g/mol. The lowest BCUT2D eigenvalue weighted by Crippen LogP contribution is -2.13. The topological polar surface area (TPSA) is 45.4 Å². The van der Waals surface area contributed by atoms with E-state index >= 15 is 0 Å². The highest BCUT2D eigenvalue weighted by Gasteiger charge is 2.13. The summed E-state index contributed by atoms with van der Waals surface area (Å²) in [7, 11) is 1.30. The van der Waals surface area contributed by atoms with Crippen LogP contribution >= 0.6 is 0 Å². The molecule has 0 aromatic heterocycles. The average Bonchev–Trinajstić information content (AvgIpc) is 2.15. The lowest BCUT2D eigenvalue weighted by molar-refractivity contribution is 0.214. The van der Waals surface area contributed by atoms with E-state index in [1.165, 1.54) is 20.1 Å². The highest BCUT2D eigenvalue weighted by Crippen LogP contribution is 2.11. The van der Waals surface area contributed by atoms with Gasteiger partial charge in [-0.3, -0.25) is 0 Å². The van der Waals surface area contributed by atoms with Gasteiger partial charge in [-0.1, -0.05) is 5.16 Å². The molecule has 1 N–H and O–H groups in total. The van der Waals surface area contributed by atoms with Crippen molar-refractivity contribution in [3.8, 4) is 0 Å². The third-order valence-corrected chi connectivity index (χ3v) is 1.72. The Morgan fingerprint density at radius 3 is 2.53 bits per heavy atom. The first kappa shape index (κ1) is 11.3. The molecule has 3 nitrogen and oxygen atoms in total. The van der Waals surface area contributed by atoms with E-state index in [9.17, 15) is 8.78 Å². The first-order valence-electron chi connectivity index (χ1n) is 4.18. The van der Waals surface area contributed by atoms with Gasteiger partial charge in [0.05, 0.1) is 5.71 Å². The van der Waals surface area contributed by atoms with Crippen molar-refractivity contribution in [2.24, 2.45) is 5.16 Å². The van der Waals surface area contributed by atoms with Gasteiger partial charge in [0.25, 0.3) is 0 Å². The van der Waals surface area contributed by atoms with Gasteiger partial charge in [0.1, 0.15) is 24.5 Å². The molecule has 0 radical (unpaired) electrons. The summed E-state index contributed by atoms with van der Waals surface area (Å²) < 4.78 is 25.9. The second-order valence-corrected chi connectivity index (χ2v) is 2.87. The molecule has 1 aromatic carbocycles. The second-order valence-electron chi connectivity index (χ2n) is 2.87. The van der Waals surface area contributed by atoms with E-state index in [4.69, 9.17) is 5.41 Å². The maximum Gasteiger partial charge on any atom is 0.135 e. The molecule has 0 bridgehead atoms. The number of nitrogens with zero attached hydrogens (tertiary/aromatic N) is 1. The van der Waals surface area contributed by atoms with Gasteiger partial charge in [0, 0.05) is 11.6 Å². The van der Waals surface area contributed by atoms with E-state index in [1.807, 2.05) is 0 Å². The quantitative estimate of drug-likeness (QED) is 0.606. The fraction of sp³-hybridized carbons (Fsp3) is 0.200. The number of rotatable bonds is 3. The minimum atomic E-state index is -0.766. The first-order chi connectivity index (χ1) is 7.06. The molecule has 0 spiro atoms. The summed E-state index contributed by atoms with van der Waals surface area (Å²) in [5.41, 5.74) is 0.142. The zero-order valence-electron chi connectivity index (χ0n) is 8.34. The molecule has 80 valence electrons. The van der Waals surface area contributed by atoms with Crippen molar-refractivity contribution in [3.63, 3.8) is 0 Å². The normalized spacial score (nSPS) is 11.3. The lowest BCUT2D eigenvalue weighted by atomic mass is 10.1. The minimum Gasteiger partial charge on any atom is -0.399 e. The summed E-state index contributed by atoms with van der Waals surface area (Å²) in [4.78, 5) is 4.49. The van der Waals surface area contributed by atoms with Crippen LogP contribution in [0.4, 0.5) is 8.78 Å². The zero-order chi connectivity index (χ0) is 11.4. The number of halogens is 2. The standard InChI is InChI=1S/C10H10F2N2O/c1-6(13)10(14-15-2)8-4-3-7(11)5-9(8)12/h3-5,13H,1-2H3/b13-6?,14-10+. The predicted octanol–water partition coefficient (Wildman–Crippen LogP) is 2.35. The van der Waals surface area contributed by atoms with Crippen molar-refractivity contribution in [3.05, 3.63) is 35.4 Å². The van der Waals surface area contributed by atoms with Crippen LogP contribution in [-0.4, -0.2) is 18.5 Å². The van der Waals surface area contributed by atoms with E-state index in [0.29, 0.717) is 0 Å². The van der Waals surface area contributed by atoms with E-state index in [0.717, 1.165) is 12.1 Å². The summed E-state index contributed by atoms with van der Waals surface area (Å²) in [6.45, 7) is 1.45. The van der Waals surface area contributed by atoms with Gasteiger partial charge in [-0.05, 0) is 19.1 Å². The summed E-state index contributed by atoms with van der Waals surface area (Å²) in [6.07, 6.45) is 0. The lowest BCUT2D eigenvalue weighted by Gasteiger charge is -2.05. The van der Waals surface area contributed by atoms with Crippen LogP contribution in [-0.2, 0) is 4.84 Å². The number of oxime groups is 1. The largest absolute Gasteiger partial charge is 0.399 e. The Morgan fingerprint density at radius 2 is 2.07 bits per heavy atom. The van der Waals surface area contributed by atoms with Crippen molar-refractivity contribution in [2.45, 2.75) is 6.92 Å². The Morgan fingerprint density at radius 1 is 1.40 bits per heavy atom. The Bertz CT molecular complexity index is 416. The van der Waals surface area contributed by atoms with Crippen LogP contribution in [0, 0.1) is 17.0 Å². The Labute approximate surface area is 85.9 Å². The maximum absolute atomic E-state index is 13.3.